The molecule has 1 aromatic rings. The van der Waals surface area contributed by atoms with Crippen LogP contribution in [0.4, 0.5) is 0 Å². The van der Waals surface area contributed by atoms with Gasteiger partial charge in [0.15, 0.2) is 0 Å². The van der Waals surface area contributed by atoms with E-state index < -0.39 is 0 Å². The minimum absolute atomic E-state index is 0. The van der Waals surface area contributed by atoms with Gasteiger partial charge >= 0.3 is 0 Å². The Morgan fingerprint density at radius 3 is 2.45 bits per heavy atom. The van der Waals surface area contributed by atoms with E-state index in [4.69, 9.17) is 10.8 Å². The van der Waals surface area contributed by atoms with Gasteiger partial charge in [-0.2, -0.15) is 11.8 Å². The summed E-state index contributed by atoms with van der Waals surface area (Å²) < 4.78 is 0. The van der Waals surface area contributed by atoms with E-state index in [1.54, 1.807) is 11.8 Å². The zero-order valence-corrected chi connectivity index (χ0v) is 14.8. The molecule has 124 valence electrons. The average Bonchev–Trinajstić information content (AvgIpc) is 2.55. The third-order valence-electron chi connectivity index (χ3n) is 3.06. The highest BCUT2D eigenvalue weighted by atomic mass is 35.5. The molecule has 22 heavy (non-hydrogen) atoms. The van der Waals surface area contributed by atoms with Crippen LogP contribution in [0.1, 0.15) is 18.4 Å². The Hall–Kier alpha value is -1.29. The molecule has 0 heterocycles. The fraction of sp³-hybridized carbons (Fsp3) is 0.533. The average molecular weight is 345 g/mol. The van der Waals surface area contributed by atoms with Gasteiger partial charge in [-0.25, -0.2) is 0 Å². The Morgan fingerprint density at radius 1 is 1.27 bits per heavy atom. The molecule has 0 fully saturated rings. The summed E-state index contributed by atoms with van der Waals surface area (Å²) in [5.74, 6) is 1.12. The van der Waals surface area contributed by atoms with Crippen LogP contribution >= 0.6 is 24.2 Å². The molecule has 0 spiro atoms. The summed E-state index contributed by atoms with van der Waals surface area (Å²) in [6, 6.07) is 10.3. The number of halogens is 1. The fourth-order valence-electron chi connectivity index (χ4n) is 1.91. The summed E-state index contributed by atoms with van der Waals surface area (Å²) in [5, 5.41) is 18.1. The number of thioether (sulfide) groups is 1. The van der Waals surface area contributed by atoms with E-state index in [-0.39, 0.29) is 24.4 Å². The molecule has 5 nitrogen and oxygen atoms in total. The lowest BCUT2D eigenvalue weighted by Gasteiger charge is -2.15. The first-order valence-electron chi connectivity index (χ1n) is 6.95. The summed E-state index contributed by atoms with van der Waals surface area (Å²) in [6.07, 6.45) is 4.93. The second-order valence-electron chi connectivity index (χ2n) is 4.50. The maximum atomic E-state index is 11.9. The minimum atomic E-state index is -0.0656. The van der Waals surface area contributed by atoms with Crippen LogP contribution in [0.2, 0.25) is 0 Å². The monoisotopic (exact) mass is 344 g/mol. The summed E-state index contributed by atoms with van der Waals surface area (Å²) in [7, 11) is 1.84. The number of rotatable bonds is 9. The lowest BCUT2D eigenvalue weighted by molar-refractivity contribution is -0.123. The van der Waals surface area contributed by atoms with Gasteiger partial charge in [0.05, 0.1) is 6.04 Å². The van der Waals surface area contributed by atoms with Gasteiger partial charge in [0, 0.05) is 17.3 Å². The van der Waals surface area contributed by atoms with Crippen molar-refractivity contribution in [2.45, 2.75) is 25.3 Å². The first kappa shape index (κ1) is 23.0. The van der Waals surface area contributed by atoms with E-state index in [0.717, 1.165) is 31.6 Å². The topological polar surface area (TPSA) is 88.7 Å². The van der Waals surface area contributed by atoms with Gasteiger partial charge in [-0.15, -0.1) is 12.4 Å². The quantitative estimate of drug-likeness (QED) is 0.530. The molecular formula is C15H25ClN4OS. The number of benzene rings is 1. The van der Waals surface area contributed by atoms with Crippen molar-refractivity contribution < 1.29 is 4.79 Å². The largest absolute Gasteiger partial charge is 0.355 e. The van der Waals surface area contributed by atoms with Gasteiger partial charge < -0.3 is 10.6 Å². The third-order valence-corrected chi connectivity index (χ3v) is 3.70. The predicted molar refractivity (Wildman–Crippen MR) is 94.3 cm³/mol. The smallest absolute Gasteiger partial charge is 0.237 e. The fourth-order valence-corrected chi connectivity index (χ4v) is 2.39. The highest BCUT2D eigenvalue weighted by molar-refractivity contribution is 7.98. The van der Waals surface area contributed by atoms with Crippen molar-refractivity contribution in [1.29, 1.82) is 10.8 Å². The lowest BCUT2D eigenvalue weighted by atomic mass is 10.1. The molecule has 0 bridgehead atoms. The Bertz CT molecular complexity index is 403. The Balaban J connectivity index is 0. The second-order valence-corrected chi connectivity index (χ2v) is 5.49. The van der Waals surface area contributed by atoms with Crippen LogP contribution in [0.3, 0.4) is 0 Å². The standard InChI is InChI=1S/C15H24N2OS.ClH.N2/c1-16-14(10-12-19-2)15(18)17-11-6-9-13-7-4-3-5-8-13;;1-2/h3-5,7-8,14,16H,6,9-12H2,1-2H3,(H,17,18);1H;/t14-;;/m1../s1. The van der Waals surface area contributed by atoms with Gasteiger partial charge in [0.2, 0.25) is 5.91 Å². The van der Waals surface area contributed by atoms with Crippen molar-refractivity contribution in [3.8, 4) is 0 Å². The molecule has 2 N–H and O–H groups in total. The minimum Gasteiger partial charge on any atom is -0.355 e. The molecule has 0 saturated carbocycles. The maximum Gasteiger partial charge on any atom is 0.237 e. The number of likely N-dealkylation sites (N-methyl/N-ethyl adjacent to an activating group) is 1. The first-order valence-corrected chi connectivity index (χ1v) is 8.35. The molecule has 0 aliphatic rings. The number of hydrogen-bond donors (Lipinski definition) is 2. The van der Waals surface area contributed by atoms with E-state index in [1.165, 1.54) is 5.56 Å². The predicted octanol–water partition coefficient (Wildman–Crippen LogP) is 2.53. The number of carbonyl (C=O) groups excluding carboxylic acids is 1. The van der Waals surface area contributed by atoms with E-state index in [2.05, 4.69) is 29.0 Å². The number of nitrogens with zero attached hydrogens (tertiary/aromatic N) is 2. The number of aryl methyl sites for hydroxylation is 1. The molecule has 0 unspecified atom stereocenters. The first-order chi connectivity index (χ1) is 10.3. The van der Waals surface area contributed by atoms with Crippen LogP contribution in [-0.4, -0.2) is 37.6 Å². The van der Waals surface area contributed by atoms with Crippen molar-refractivity contribution in [1.82, 2.24) is 10.6 Å². The van der Waals surface area contributed by atoms with Crippen molar-refractivity contribution >= 4 is 30.1 Å². The summed E-state index contributed by atoms with van der Waals surface area (Å²) in [4.78, 5) is 11.9. The second kappa shape index (κ2) is 16.1. The summed E-state index contributed by atoms with van der Waals surface area (Å²) in [6.45, 7) is 0.741. The summed E-state index contributed by atoms with van der Waals surface area (Å²) >= 11 is 1.77. The molecule has 1 aromatic carbocycles. The van der Waals surface area contributed by atoms with Crippen molar-refractivity contribution in [3.05, 3.63) is 35.9 Å². The van der Waals surface area contributed by atoms with Crippen LogP contribution in [0, 0.1) is 10.8 Å². The normalized spacial score (nSPS) is 10.5. The molecule has 1 rings (SSSR count). The van der Waals surface area contributed by atoms with Crippen molar-refractivity contribution in [2.75, 3.05) is 25.6 Å². The van der Waals surface area contributed by atoms with Crippen molar-refractivity contribution in [2.24, 2.45) is 0 Å². The van der Waals surface area contributed by atoms with Gasteiger partial charge in [-0.1, -0.05) is 30.3 Å². The van der Waals surface area contributed by atoms with Gasteiger partial charge in [0.25, 0.3) is 0 Å². The Morgan fingerprint density at radius 2 is 1.91 bits per heavy atom. The number of amides is 1. The van der Waals surface area contributed by atoms with Gasteiger partial charge in [-0.05, 0) is 43.9 Å². The van der Waals surface area contributed by atoms with E-state index in [1.807, 2.05) is 25.2 Å². The molecule has 7 heteroatoms. The molecule has 0 saturated heterocycles. The SMILES string of the molecule is CN[C@H](CCSC)C(=O)NCCCc1ccccc1.Cl.N#N. The summed E-state index contributed by atoms with van der Waals surface area (Å²) in [5.41, 5.74) is 1.32. The van der Waals surface area contributed by atoms with Gasteiger partial charge in [-0.3, -0.25) is 4.79 Å². The zero-order valence-electron chi connectivity index (χ0n) is 13.1. The maximum absolute atomic E-state index is 11.9. The molecular weight excluding hydrogens is 320 g/mol. The molecule has 0 aliphatic heterocycles. The molecule has 1 atom stereocenters. The highest BCUT2D eigenvalue weighted by Crippen LogP contribution is 2.02. The number of nitrogens with one attached hydrogen (secondary N) is 2. The lowest BCUT2D eigenvalue weighted by Crippen LogP contribution is -2.43. The Labute approximate surface area is 143 Å². The Kier molecular flexibility index (Phi) is 16.8. The van der Waals surface area contributed by atoms with Crippen LogP contribution < -0.4 is 10.6 Å². The number of hydrogen-bond acceptors (Lipinski definition) is 5. The molecule has 0 radical (unpaired) electrons. The van der Waals surface area contributed by atoms with Crippen LogP contribution in [0.15, 0.2) is 30.3 Å². The van der Waals surface area contributed by atoms with Crippen molar-refractivity contribution in [3.63, 3.8) is 0 Å². The van der Waals surface area contributed by atoms with Crippen LogP contribution in [-0.2, 0) is 11.2 Å². The van der Waals surface area contributed by atoms with Gasteiger partial charge in [0.1, 0.15) is 0 Å². The van der Waals surface area contributed by atoms with E-state index in [0.29, 0.717) is 0 Å². The molecule has 1 amide bonds. The molecule has 0 aromatic heterocycles. The zero-order chi connectivity index (χ0) is 15.9. The van der Waals surface area contributed by atoms with Crippen LogP contribution in [0.25, 0.3) is 0 Å². The van der Waals surface area contributed by atoms with E-state index >= 15 is 0 Å². The number of carbonyl (C=O) groups is 1. The van der Waals surface area contributed by atoms with E-state index in [9.17, 15) is 4.79 Å². The molecule has 0 aliphatic carbocycles. The third kappa shape index (κ3) is 10.4. The highest BCUT2D eigenvalue weighted by Gasteiger charge is 2.14. The van der Waals surface area contributed by atoms with Crippen LogP contribution in [0.5, 0.6) is 0 Å².